The Balaban J connectivity index is 2.87. The van der Waals surface area contributed by atoms with Crippen LogP contribution in [0.3, 0.4) is 0 Å². The van der Waals surface area contributed by atoms with Crippen LogP contribution in [0.2, 0.25) is 0 Å². The zero-order valence-corrected chi connectivity index (χ0v) is 11.7. The average molecular weight is 290 g/mol. The van der Waals surface area contributed by atoms with Gasteiger partial charge in [0.2, 0.25) is 0 Å². The molecule has 0 amide bonds. The van der Waals surface area contributed by atoms with Crippen LogP contribution in [0.4, 0.5) is 0 Å². The monoisotopic (exact) mass is 288 g/mol. The van der Waals surface area contributed by atoms with Crippen molar-refractivity contribution >= 4 is 27.5 Å². The van der Waals surface area contributed by atoms with E-state index in [1.165, 1.54) is 22.9 Å². The largest absolute Gasteiger partial charge is 0.126 e. The molecular weight excluding hydrogens is 272 g/mol. The normalized spacial score (nSPS) is 14.9. The first-order valence-electron chi connectivity index (χ1n) is 5.51. The second kappa shape index (κ2) is 6.55. The fourth-order valence-electron chi connectivity index (χ4n) is 1.97. The first-order valence-corrected chi connectivity index (χ1v) is 6.83. The molecule has 0 fully saturated rings. The van der Waals surface area contributed by atoms with Gasteiger partial charge in [-0.25, -0.2) is 0 Å². The average Bonchev–Trinajstić information content (AvgIpc) is 2.22. The van der Waals surface area contributed by atoms with Gasteiger partial charge in [0.1, 0.15) is 0 Å². The van der Waals surface area contributed by atoms with Crippen LogP contribution in [0.5, 0.6) is 0 Å². The van der Waals surface area contributed by atoms with Crippen LogP contribution < -0.4 is 0 Å². The van der Waals surface area contributed by atoms with Gasteiger partial charge in [-0.15, -0.1) is 11.6 Å². The highest BCUT2D eigenvalue weighted by atomic mass is 79.9. The lowest BCUT2D eigenvalue weighted by molar-refractivity contribution is 0.450. The Morgan fingerprint density at radius 1 is 1.33 bits per heavy atom. The van der Waals surface area contributed by atoms with E-state index in [-0.39, 0.29) is 0 Å². The van der Waals surface area contributed by atoms with Crippen molar-refractivity contribution in [3.8, 4) is 0 Å². The summed E-state index contributed by atoms with van der Waals surface area (Å²) in [6.07, 6.45) is 2.46. The third-order valence-corrected chi connectivity index (χ3v) is 3.96. The van der Waals surface area contributed by atoms with Crippen molar-refractivity contribution in [2.75, 3.05) is 5.88 Å². The van der Waals surface area contributed by atoms with E-state index < -0.39 is 0 Å². The van der Waals surface area contributed by atoms with E-state index in [2.05, 4.69) is 48.0 Å². The third-order valence-electron chi connectivity index (χ3n) is 2.90. The zero-order valence-electron chi connectivity index (χ0n) is 9.34. The van der Waals surface area contributed by atoms with Crippen LogP contribution in [-0.4, -0.2) is 5.88 Å². The molecule has 0 aliphatic heterocycles. The fraction of sp³-hybridized carbons (Fsp3) is 0.538. The minimum absolute atomic E-state index is 0.460. The van der Waals surface area contributed by atoms with E-state index in [1.807, 2.05) is 6.07 Å². The van der Waals surface area contributed by atoms with Gasteiger partial charge in [-0.05, 0) is 17.5 Å². The molecule has 1 rings (SSSR count). The van der Waals surface area contributed by atoms with Crippen LogP contribution >= 0.6 is 27.5 Å². The highest BCUT2D eigenvalue weighted by molar-refractivity contribution is 9.10. The highest BCUT2D eigenvalue weighted by Gasteiger charge is 2.19. The number of rotatable bonds is 5. The van der Waals surface area contributed by atoms with Gasteiger partial charge in [0.05, 0.1) is 0 Å². The molecule has 0 spiro atoms. The van der Waals surface area contributed by atoms with Gasteiger partial charge in [0.25, 0.3) is 0 Å². The minimum atomic E-state index is 0.460. The summed E-state index contributed by atoms with van der Waals surface area (Å²) in [5, 5.41) is 0. The number of hydrogen-bond donors (Lipinski definition) is 0. The zero-order chi connectivity index (χ0) is 11.3. The minimum Gasteiger partial charge on any atom is -0.126 e. The summed E-state index contributed by atoms with van der Waals surface area (Å²) < 4.78 is 1.18. The Bertz CT molecular complexity index is 298. The fourth-order valence-corrected chi connectivity index (χ4v) is 3.02. The quantitative estimate of drug-likeness (QED) is 0.653. The molecule has 0 aliphatic carbocycles. The highest BCUT2D eigenvalue weighted by Crippen LogP contribution is 2.33. The Kier molecular flexibility index (Phi) is 5.70. The molecular formula is C13H18BrCl. The summed E-state index contributed by atoms with van der Waals surface area (Å²) in [4.78, 5) is 0. The van der Waals surface area contributed by atoms with E-state index in [1.54, 1.807) is 0 Å². The van der Waals surface area contributed by atoms with Crippen molar-refractivity contribution in [2.24, 2.45) is 5.92 Å². The molecule has 2 heteroatoms. The topological polar surface area (TPSA) is 0 Å². The van der Waals surface area contributed by atoms with Gasteiger partial charge >= 0.3 is 0 Å². The molecule has 0 bridgehead atoms. The van der Waals surface area contributed by atoms with E-state index in [4.69, 9.17) is 11.6 Å². The molecule has 2 atom stereocenters. The molecule has 0 aliphatic rings. The summed E-state index contributed by atoms with van der Waals surface area (Å²) >= 11 is 9.68. The molecule has 0 nitrogen and oxygen atoms in total. The maximum absolute atomic E-state index is 6.08. The summed E-state index contributed by atoms with van der Waals surface area (Å²) in [5.74, 6) is 1.80. The smallest absolute Gasteiger partial charge is 0.0295 e. The third kappa shape index (κ3) is 3.49. The molecule has 0 aromatic heterocycles. The van der Waals surface area contributed by atoms with Crippen molar-refractivity contribution in [1.82, 2.24) is 0 Å². The summed E-state index contributed by atoms with van der Waals surface area (Å²) in [5.41, 5.74) is 1.34. The molecule has 84 valence electrons. The SMILES string of the molecule is CCCC(C)C(CCl)c1ccccc1Br. The van der Waals surface area contributed by atoms with Crippen molar-refractivity contribution < 1.29 is 0 Å². The van der Waals surface area contributed by atoms with E-state index >= 15 is 0 Å². The van der Waals surface area contributed by atoms with Crippen molar-refractivity contribution in [1.29, 1.82) is 0 Å². The summed E-state index contributed by atoms with van der Waals surface area (Å²) in [6.45, 7) is 4.51. The van der Waals surface area contributed by atoms with Crippen LogP contribution in [0, 0.1) is 5.92 Å². The molecule has 1 aromatic carbocycles. The first-order chi connectivity index (χ1) is 7.20. The first kappa shape index (κ1) is 13.1. The van der Waals surface area contributed by atoms with Gasteiger partial charge in [0.15, 0.2) is 0 Å². The maximum Gasteiger partial charge on any atom is 0.0295 e. The standard InChI is InChI=1S/C13H18BrCl/c1-3-6-10(2)12(9-15)11-7-4-5-8-13(11)14/h4-5,7-8,10,12H,3,6,9H2,1-2H3. The van der Waals surface area contributed by atoms with Crippen LogP contribution in [-0.2, 0) is 0 Å². The Morgan fingerprint density at radius 3 is 2.53 bits per heavy atom. The lowest BCUT2D eigenvalue weighted by Crippen LogP contribution is -2.12. The van der Waals surface area contributed by atoms with Gasteiger partial charge in [0, 0.05) is 16.3 Å². The molecule has 0 saturated carbocycles. The van der Waals surface area contributed by atoms with Gasteiger partial charge in [-0.2, -0.15) is 0 Å². The van der Waals surface area contributed by atoms with Crippen molar-refractivity contribution in [3.63, 3.8) is 0 Å². The van der Waals surface area contributed by atoms with Crippen LogP contribution in [0.15, 0.2) is 28.7 Å². The predicted molar refractivity (Wildman–Crippen MR) is 71.7 cm³/mol. The van der Waals surface area contributed by atoms with Gasteiger partial charge < -0.3 is 0 Å². The van der Waals surface area contributed by atoms with E-state index in [0.717, 1.165) is 0 Å². The summed E-state index contributed by atoms with van der Waals surface area (Å²) in [6, 6.07) is 8.39. The van der Waals surface area contributed by atoms with Crippen molar-refractivity contribution in [3.05, 3.63) is 34.3 Å². The number of benzene rings is 1. The number of alkyl halides is 1. The number of halogens is 2. The second-order valence-electron chi connectivity index (χ2n) is 4.05. The lowest BCUT2D eigenvalue weighted by atomic mass is 9.86. The summed E-state index contributed by atoms with van der Waals surface area (Å²) in [7, 11) is 0. The molecule has 0 radical (unpaired) electrons. The van der Waals surface area contributed by atoms with Crippen LogP contribution in [0.1, 0.15) is 38.2 Å². The van der Waals surface area contributed by atoms with E-state index in [9.17, 15) is 0 Å². The molecule has 0 N–H and O–H groups in total. The molecule has 1 aromatic rings. The Morgan fingerprint density at radius 2 is 2.00 bits per heavy atom. The van der Waals surface area contributed by atoms with Gasteiger partial charge in [-0.3, -0.25) is 0 Å². The van der Waals surface area contributed by atoms with Crippen LogP contribution in [0.25, 0.3) is 0 Å². The Hall–Kier alpha value is -0.0100. The second-order valence-corrected chi connectivity index (χ2v) is 5.21. The predicted octanol–water partition coefficient (Wildman–Crippen LogP) is 5.21. The molecule has 0 heterocycles. The molecule has 2 unspecified atom stereocenters. The lowest BCUT2D eigenvalue weighted by Gasteiger charge is -2.22. The van der Waals surface area contributed by atoms with Gasteiger partial charge in [-0.1, -0.05) is 60.8 Å². The molecule has 15 heavy (non-hydrogen) atoms. The number of hydrogen-bond acceptors (Lipinski definition) is 0. The Labute approximate surface area is 106 Å². The van der Waals surface area contributed by atoms with Crippen molar-refractivity contribution in [2.45, 2.75) is 32.6 Å². The molecule has 0 saturated heterocycles. The van der Waals surface area contributed by atoms with E-state index in [0.29, 0.717) is 17.7 Å². The maximum atomic E-state index is 6.08.